The van der Waals surface area contributed by atoms with Gasteiger partial charge in [-0.25, -0.2) is 4.98 Å². The first-order valence-electron chi connectivity index (χ1n) is 7.05. The third kappa shape index (κ3) is 3.92. The summed E-state index contributed by atoms with van der Waals surface area (Å²) in [5.41, 5.74) is 1.86. The van der Waals surface area contributed by atoms with E-state index in [9.17, 15) is 23.1 Å². The first-order valence-corrected chi connectivity index (χ1v) is 7.93. The lowest BCUT2D eigenvalue weighted by Crippen LogP contribution is -2.51. The number of carbonyl (C=O) groups excluding carboxylic acids is 1. The average Bonchev–Trinajstić information content (AvgIpc) is 3.01. The molecule has 1 amide bonds. The summed E-state index contributed by atoms with van der Waals surface area (Å²) in [6, 6.07) is 6.61. The van der Waals surface area contributed by atoms with E-state index in [1.54, 1.807) is 0 Å². The van der Waals surface area contributed by atoms with Crippen LogP contribution in [0.2, 0.25) is 0 Å². The second kappa shape index (κ2) is 7.29. The van der Waals surface area contributed by atoms with Crippen molar-refractivity contribution in [2.45, 2.75) is 18.2 Å². The van der Waals surface area contributed by atoms with Gasteiger partial charge < -0.3 is 16.2 Å². The number of halogens is 3. The van der Waals surface area contributed by atoms with Gasteiger partial charge in [0.05, 0.1) is 11.6 Å². The van der Waals surface area contributed by atoms with Gasteiger partial charge in [-0.1, -0.05) is 30.3 Å². The minimum atomic E-state index is -4.95. The molecule has 2 rings (SSSR count). The molecule has 0 aliphatic rings. The Morgan fingerprint density at radius 2 is 1.96 bits per heavy atom. The van der Waals surface area contributed by atoms with Crippen molar-refractivity contribution >= 4 is 17.2 Å². The number of aliphatic hydroxyl groups is 1. The third-order valence-electron chi connectivity index (χ3n) is 3.37. The van der Waals surface area contributed by atoms with Crippen molar-refractivity contribution in [2.24, 2.45) is 5.73 Å². The molecule has 1 aromatic heterocycles. The molecule has 0 saturated carbocycles. The fourth-order valence-electron chi connectivity index (χ4n) is 2.03. The van der Waals surface area contributed by atoms with Crippen molar-refractivity contribution in [3.8, 4) is 0 Å². The highest BCUT2D eigenvalue weighted by Gasteiger charge is 2.55. The van der Waals surface area contributed by atoms with Crippen molar-refractivity contribution < 1.29 is 23.1 Å². The summed E-state index contributed by atoms with van der Waals surface area (Å²) in [7, 11) is 0. The Bertz CT molecular complexity index is 691. The predicted molar refractivity (Wildman–Crippen MR) is 83.6 cm³/mol. The maximum atomic E-state index is 13.3. The maximum Gasteiger partial charge on any atom is 0.423 e. The van der Waals surface area contributed by atoms with Gasteiger partial charge in [-0.2, -0.15) is 13.2 Å². The number of nitrogens with two attached hydrogens (primary N) is 1. The number of hydrogen-bond donors (Lipinski definition) is 3. The van der Waals surface area contributed by atoms with Crippen LogP contribution in [-0.4, -0.2) is 35.3 Å². The molecule has 0 fully saturated rings. The number of nitrogens with zero attached hydrogens (tertiary/aromatic N) is 1. The van der Waals surface area contributed by atoms with E-state index >= 15 is 0 Å². The van der Waals surface area contributed by atoms with Crippen LogP contribution in [-0.2, 0) is 12.0 Å². The standard InChI is InChI=1S/C15H16F3N3O2S/c16-15(17,18)14(23,10-4-2-1-3-5-10)9-20-13(22)11-8-24-12(21-11)6-7-19/h1-5,8,23H,6-7,9,19H2,(H,20,22). The molecule has 5 nitrogen and oxygen atoms in total. The van der Waals surface area contributed by atoms with E-state index in [4.69, 9.17) is 5.73 Å². The second-order valence-electron chi connectivity index (χ2n) is 5.07. The molecule has 1 heterocycles. The number of rotatable bonds is 6. The van der Waals surface area contributed by atoms with Crippen LogP contribution in [0.1, 0.15) is 21.1 Å². The Balaban J connectivity index is 2.14. The minimum absolute atomic E-state index is 0.000959. The Morgan fingerprint density at radius 3 is 2.54 bits per heavy atom. The largest absolute Gasteiger partial charge is 0.423 e. The van der Waals surface area contributed by atoms with Crippen LogP contribution in [0.4, 0.5) is 13.2 Å². The first kappa shape index (κ1) is 18.4. The lowest BCUT2D eigenvalue weighted by Gasteiger charge is -2.31. The summed E-state index contributed by atoms with van der Waals surface area (Å²) in [5, 5.41) is 14.3. The Labute approximate surface area is 140 Å². The SMILES string of the molecule is NCCc1nc(C(=O)NCC(O)(c2ccccc2)C(F)(F)F)cs1. The normalized spacial score (nSPS) is 14.2. The smallest absolute Gasteiger partial charge is 0.375 e. The van der Waals surface area contributed by atoms with Crippen LogP contribution in [0.15, 0.2) is 35.7 Å². The number of thiazole rings is 1. The molecule has 1 unspecified atom stereocenters. The molecular formula is C15H16F3N3O2S. The average molecular weight is 359 g/mol. The zero-order chi connectivity index (χ0) is 17.8. The highest BCUT2D eigenvalue weighted by Crippen LogP contribution is 2.38. The van der Waals surface area contributed by atoms with Gasteiger partial charge in [0.25, 0.3) is 5.91 Å². The molecular weight excluding hydrogens is 343 g/mol. The van der Waals surface area contributed by atoms with Gasteiger partial charge in [0.15, 0.2) is 0 Å². The highest BCUT2D eigenvalue weighted by molar-refractivity contribution is 7.09. The number of aromatic nitrogens is 1. The number of benzene rings is 1. The molecule has 1 atom stereocenters. The molecule has 24 heavy (non-hydrogen) atoms. The zero-order valence-electron chi connectivity index (χ0n) is 12.5. The van der Waals surface area contributed by atoms with Crippen LogP contribution in [0.5, 0.6) is 0 Å². The van der Waals surface area contributed by atoms with Gasteiger partial charge >= 0.3 is 6.18 Å². The van der Waals surface area contributed by atoms with E-state index in [2.05, 4.69) is 10.3 Å². The van der Waals surface area contributed by atoms with Crippen LogP contribution < -0.4 is 11.1 Å². The molecule has 0 saturated heterocycles. The lowest BCUT2D eigenvalue weighted by molar-refractivity contribution is -0.263. The summed E-state index contributed by atoms with van der Waals surface area (Å²) in [6.45, 7) is -0.653. The maximum absolute atomic E-state index is 13.3. The van der Waals surface area contributed by atoms with E-state index in [-0.39, 0.29) is 11.3 Å². The molecule has 1 aromatic carbocycles. The molecule has 0 spiro atoms. The number of amides is 1. The van der Waals surface area contributed by atoms with E-state index < -0.39 is 24.2 Å². The summed E-state index contributed by atoms with van der Waals surface area (Å²) >= 11 is 1.20. The Morgan fingerprint density at radius 1 is 1.29 bits per heavy atom. The van der Waals surface area contributed by atoms with Crippen molar-refractivity contribution in [3.05, 3.63) is 52.0 Å². The van der Waals surface area contributed by atoms with Crippen molar-refractivity contribution in [2.75, 3.05) is 13.1 Å². The fourth-order valence-corrected chi connectivity index (χ4v) is 2.83. The van der Waals surface area contributed by atoms with E-state index in [0.717, 1.165) is 12.1 Å². The quantitative estimate of drug-likeness (QED) is 0.734. The molecule has 0 aliphatic heterocycles. The number of nitrogens with one attached hydrogen (secondary N) is 1. The number of hydrogen-bond acceptors (Lipinski definition) is 5. The van der Waals surface area contributed by atoms with Gasteiger partial charge in [-0.05, 0) is 12.1 Å². The number of alkyl halides is 3. The van der Waals surface area contributed by atoms with Gasteiger partial charge in [0, 0.05) is 11.8 Å². The zero-order valence-corrected chi connectivity index (χ0v) is 13.3. The monoisotopic (exact) mass is 359 g/mol. The summed E-state index contributed by atoms with van der Waals surface area (Å²) in [6.07, 6.45) is -4.47. The van der Waals surface area contributed by atoms with Gasteiger partial charge in [0.2, 0.25) is 5.60 Å². The molecule has 0 bridgehead atoms. The Kier molecular flexibility index (Phi) is 5.58. The molecule has 0 radical (unpaired) electrons. The van der Waals surface area contributed by atoms with Crippen LogP contribution >= 0.6 is 11.3 Å². The van der Waals surface area contributed by atoms with Gasteiger partial charge in [-0.15, -0.1) is 11.3 Å². The van der Waals surface area contributed by atoms with Crippen molar-refractivity contribution in [1.82, 2.24) is 10.3 Å². The van der Waals surface area contributed by atoms with Gasteiger partial charge in [0.1, 0.15) is 5.69 Å². The summed E-state index contributed by atoms with van der Waals surface area (Å²) < 4.78 is 40.0. The highest BCUT2D eigenvalue weighted by atomic mass is 32.1. The van der Waals surface area contributed by atoms with E-state index in [1.165, 1.54) is 34.9 Å². The Hall–Kier alpha value is -1.97. The molecule has 130 valence electrons. The third-order valence-corrected chi connectivity index (χ3v) is 4.28. The molecule has 4 N–H and O–H groups in total. The topological polar surface area (TPSA) is 88.2 Å². The predicted octanol–water partition coefficient (Wildman–Crippen LogP) is 1.82. The summed E-state index contributed by atoms with van der Waals surface area (Å²) in [5.74, 6) is -0.784. The molecule has 9 heteroatoms. The van der Waals surface area contributed by atoms with Gasteiger partial charge in [-0.3, -0.25) is 4.79 Å². The van der Waals surface area contributed by atoms with E-state index in [1.807, 2.05) is 0 Å². The lowest BCUT2D eigenvalue weighted by atomic mass is 9.93. The van der Waals surface area contributed by atoms with Crippen molar-refractivity contribution in [1.29, 1.82) is 0 Å². The molecule has 2 aromatic rings. The fraction of sp³-hybridized carbons (Fsp3) is 0.333. The number of carbonyl (C=O) groups is 1. The van der Waals surface area contributed by atoms with Crippen LogP contribution in [0.3, 0.4) is 0 Å². The van der Waals surface area contributed by atoms with Crippen LogP contribution in [0, 0.1) is 0 Å². The summed E-state index contributed by atoms with van der Waals surface area (Å²) in [4.78, 5) is 16.0. The first-order chi connectivity index (χ1) is 11.3. The van der Waals surface area contributed by atoms with Crippen molar-refractivity contribution in [3.63, 3.8) is 0 Å². The second-order valence-corrected chi connectivity index (χ2v) is 6.01. The van der Waals surface area contributed by atoms with E-state index in [0.29, 0.717) is 18.0 Å². The van der Waals surface area contributed by atoms with Crippen LogP contribution in [0.25, 0.3) is 0 Å². The minimum Gasteiger partial charge on any atom is -0.375 e. The molecule has 0 aliphatic carbocycles.